The first-order chi connectivity index (χ1) is 5.18. The Morgan fingerprint density at radius 3 is 2.73 bits per heavy atom. The van der Waals surface area contributed by atoms with Crippen molar-refractivity contribution in [3.63, 3.8) is 0 Å². The number of aliphatic hydroxyl groups is 1. The summed E-state index contributed by atoms with van der Waals surface area (Å²) in [6.07, 6.45) is -0.345. The maximum Gasteiger partial charge on any atom is 0.106 e. The molecule has 1 atom stereocenters. The maximum atomic E-state index is 8.83. The number of anilines is 1. The van der Waals surface area contributed by atoms with Crippen molar-refractivity contribution in [1.29, 1.82) is 0 Å². The standard InChI is InChI=1S/C8H12N2O/c9-7-3-1-2-6(4-7)5-8(10)11/h1-4,8,11H,5,9-10H2. The zero-order valence-corrected chi connectivity index (χ0v) is 6.20. The van der Waals surface area contributed by atoms with Gasteiger partial charge in [-0.15, -0.1) is 0 Å². The predicted octanol–water partition coefficient (Wildman–Crippen LogP) is 0.0884. The third-order valence-corrected chi connectivity index (χ3v) is 1.40. The SMILES string of the molecule is Nc1cccc(CC(N)O)c1. The molecule has 0 saturated heterocycles. The van der Waals surface area contributed by atoms with Crippen molar-refractivity contribution in [3.8, 4) is 0 Å². The Kier molecular flexibility index (Phi) is 2.46. The van der Waals surface area contributed by atoms with Crippen molar-refractivity contribution < 1.29 is 5.11 Å². The molecule has 1 rings (SSSR count). The van der Waals surface area contributed by atoms with Crippen LogP contribution in [0.3, 0.4) is 0 Å². The molecule has 0 heterocycles. The lowest BCUT2D eigenvalue weighted by atomic mass is 10.1. The van der Waals surface area contributed by atoms with Gasteiger partial charge in [0.15, 0.2) is 0 Å². The number of hydrogen-bond donors (Lipinski definition) is 3. The van der Waals surface area contributed by atoms with Crippen LogP contribution in [0, 0.1) is 0 Å². The summed E-state index contributed by atoms with van der Waals surface area (Å²) in [5.41, 5.74) is 12.4. The molecule has 0 aliphatic carbocycles. The van der Waals surface area contributed by atoms with E-state index in [1.165, 1.54) is 0 Å². The fourth-order valence-electron chi connectivity index (χ4n) is 0.962. The molecule has 0 spiro atoms. The molecule has 3 heteroatoms. The third-order valence-electron chi connectivity index (χ3n) is 1.40. The van der Waals surface area contributed by atoms with E-state index in [1.807, 2.05) is 12.1 Å². The predicted molar refractivity (Wildman–Crippen MR) is 44.8 cm³/mol. The summed E-state index contributed by atoms with van der Waals surface area (Å²) in [6, 6.07) is 7.32. The molecular formula is C8H12N2O. The summed E-state index contributed by atoms with van der Waals surface area (Å²) >= 11 is 0. The topological polar surface area (TPSA) is 72.3 Å². The van der Waals surface area contributed by atoms with Gasteiger partial charge < -0.3 is 16.6 Å². The highest BCUT2D eigenvalue weighted by Gasteiger charge is 1.97. The maximum absolute atomic E-state index is 8.83. The minimum atomic E-state index is -0.795. The molecule has 5 N–H and O–H groups in total. The number of nitrogen functional groups attached to an aromatic ring is 1. The first-order valence-electron chi connectivity index (χ1n) is 3.46. The monoisotopic (exact) mass is 152 g/mol. The van der Waals surface area contributed by atoms with Gasteiger partial charge >= 0.3 is 0 Å². The Balaban J connectivity index is 2.71. The van der Waals surface area contributed by atoms with E-state index in [4.69, 9.17) is 16.6 Å². The third kappa shape index (κ3) is 2.57. The molecule has 1 aromatic carbocycles. The van der Waals surface area contributed by atoms with Gasteiger partial charge in [-0.05, 0) is 17.7 Å². The van der Waals surface area contributed by atoms with Crippen molar-refractivity contribution >= 4 is 5.69 Å². The van der Waals surface area contributed by atoms with E-state index in [2.05, 4.69) is 0 Å². The lowest BCUT2D eigenvalue weighted by Crippen LogP contribution is -2.21. The summed E-state index contributed by atoms with van der Waals surface area (Å²) in [5, 5.41) is 8.83. The second-order valence-corrected chi connectivity index (χ2v) is 2.52. The molecule has 0 aliphatic rings. The van der Waals surface area contributed by atoms with Crippen LogP contribution in [0.1, 0.15) is 5.56 Å². The highest BCUT2D eigenvalue weighted by Crippen LogP contribution is 2.07. The van der Waals surface area contributed by atoms with Gasteiger partial charge in [0.25, 0.3) is 0 Å². The van der Waals surface area contributed by atoms with Gasteiger partial charge in [-0.3, -0.25) is 0 Å². The minimum absolute atomic E-state index is 0.449. The molecule has 60 valence electrons. The second-order valence-electron chi connectivity index (χ2n) is 2.52. The molecule has 0 amide bonds. The number of rotatable bonds is 2. The second kappa shape index (κ2) is 3.37. The van der Waals surface area contributed by atoms with Gasteiger partial charge in [0.1, 0.15) is 6.23 Å². The molecule has 3 nitrogen and oxygen atoms in total. The zero-order valence-electron chi connectivity index (χ0n) is 6.20. The average Bonchev–Trinajstić information content (AvgIpc) is 1.85. The van der Waals surface area contributed by atoms with E-state index >= 15 is 0 Å². The van der Waals surface area contributed by atoms with Crippen molar-refractivity contribution in [2.45, 2.75) is 12.6 Å². The van der Waals surface area contributed by atoms with E-state index in [-0.39, 0.29) is 0 Å². The Hall–Kier alpha value is -1.06. The van der Waals surface area contributed by atoms with Crippen LogP contribution in [0.25, 0.3) is 0 Å². The van der Waals surface area contributed by atoms with E-state index in [1.54, 1.807) is 12.1 Å². The van der Waals surface area contributed by atoms with Crippen molar-refractivity contribution in [1.82, 2.24) is 0 Å². The minimum Gasteiger partial charge on any atom is -0.399 e. The summed E-state index contributed by atoms with van der Waals surface area (Å²) in [7, 11) is 0. The number of nitrogens with two attached hydrogens (primary N) is 2. The quantitative estimate of drug-likeness (QED) is 0.415. The Morgan fingerprint density at radius 2 is 2.18 bits per heavy atom. The molecule has 0 aliphatic heterocycles. The number of hydrogen-bond acceptors (Lipinski definition) is 3. The van der Waals surface area contributed by atoms with Gasteiger partial charge in [-0.25, -0.2) is 0 Å². The molecule has 11 heavy (non-hydrogen) atoms. The van der Waals surface area contributed by atoms with Crippen LogP contribution in [0.2, 0.25) is 0 Å². The van der Waals surface area contributed by atoms with Crippen LogP contribution in [0.5, 0.6) is 0 Å². The first kappa shape index (κ1) is 8.04. The fourth-order valence-corrected chi connectivity index (χ4v) is 0.962. The smallest absolute Gasteiger partial charge is 0.106 e. The number of aliphatic hydroxyl groups excluding tert-OH is 1. The van der Waals surface area contributed by atoms with E-state index in [0.29, 0.717) is 12.1 Å². The van der Waals surface area contributed by atoms with Gasteiger partial charge in [0.2, 0.25) is 0 Å². The molecule has 0 bridgehead atoms. The molecule has 1 aromatic rings. The summed E-state index contributed by atoms with van der Waals surface area (Å²) < 4.78 is 0. The molecule has 0 fully saturated rings. The molecule has 0 radical (unpaired) electrons. The highest BCUT2D eigenvalue weighted by atomic mass is 16.3. The highest BCUT2D eigenvalue weighted by molar-refractivity contribution is 5.40. The molecule has 0 saturated carbocycles. The summed E-state index contributed by atoms with van der Waals surface area (Å²) in [6.45, 7) is 0. The molecular weight excluding hydrogens is 140 g/mol. The largest absolute Gasteiger partial charge is 0.399 e. The number of benzene rings is 1. The van der Waals surface area contributed by atoms with E-state index in [9.17, 15) is 0 Å². The Labute approximate surface area is 65.6 Å². The lowest BCUT2D eigenvalue weighted by molar-refractivity contribution is 0.183. The lowest BCUT2D eigenvalue weighted by Gasteiger charge is -2.04. The van der Waals surface area contributed by atoms with Gasteiger partial charge in [0.05, 0.1) is 0 Å². The average molecular weight is 152 g/mol. The summed E-state index contributed by atoms with van der Waals surface area (Å²) in [4.78, 5) is 0. The van der Waals surface area contributed by atoms with Crippen LogP contribution in [0.15, 0.2) is 24.3 Å². The normalized spacial score (nSPS) is 12.9. The van der Waals surface area contributed by atoms with E-state index < -0.39 is 6.23 Å². The Bertz CT molecular complexity index is 235. The fraction of sp³-hybridized carbons (Fsp3) is 0.250. The van der Waals surface area contributed by atoms with Crippen LogP contribution in [-0.4, -0.2) is 11.3 Å². The summed E-state index contributed by atoms with van der Waals surface area (Å²) in [5.74, 6) is 0. The van der Waals surface area contributed by atoms with Crippen LogP contribution in [-0.2, 0) is 6.42 Å². The van der Waals surface area contributed by atoms with Crippen molar-refractivity contribution in [2.75, 3.05) is 5.73 Å². The van der Waals surface area contributed by atoms with Gasteiger partial charge in [-0.2, -0.15) is 0 Å². The first-order valence-corrected chi connectivity index (χ1v) is 3.46. The van der Waals surface area contributed by atoms with Crippen LogP contribution < -0.4 is 11.5 Å². The van der Waals surface area contributed by atoms with Gasteiger partial charge in [-0.1, -0.05) is 12.1 Å². The molecule has 0 aromatic heterocycles. The van der Waals surface area contributed by atoms with E-state index in [0.717, 1.165) is 5.56 Å². The van der Waals surface area contributed by atoms with Gasteiger partial charge in [0, 0.05) is 12.1 Å². The zero-order chi connectivity index (χ0) is 8.27. The van der Waals surface area contributed by atoms with Crippen LogP contribution in [0.4, 0.5) is 5.69 Å². The van der Waals surface area contributed by atoms with Crippen molar-refractivity contribution in [3.05, 3.63) is 29.8 Å². The molecule has 1 unspecified atom stereocenters. The van der Waals surface area contributed by atoms with Crippen LogP contribution >= 0.6 is 0 Å². The van der Waals surface area contributed by atoms with Crippen molar-refractivity contribution in [2.24, 2.45) is 5.73 Å². The Morgan fingerprint density at radius 1 is 1.45 bits per heavy atom.